The van der Waals surface area contributed by atoms with E-state index in [0.29, 0.717) is 22.9 Å². The Balaban J connectivity index is 2.05. The number of hydrogen-bond donors (Lipinski definition) is 1. The Morgan fingerprint density at radius 1 is 1.40 bits per heavy atom. The van der Waals surface area contributed by atoms with Crippen LogP contribution >= 0.6 is 15.9 Å². The minimum atomic E-state index is -4.39. The van der Waals surface area contributed by atoms with Gasteiger partial charge in [0.1, 0.15) is 5.82 Å². The molecule has 1 aromatic heterocycles. The molecule has 1 aliphatic rings. The Labute approximate surface area is 125 Å². The molecule has 6 heteroatoms. The summed E-state index contributed by atoms with van der Waals surface area (Å²) in [6.45, 7) is 2.76. The summed E-state index contributed by atoms with van der Waals surface area (Å²) in [6.07, 6.45) is 1.54. The molecule has 0 amide bonds. The number of aromatic nitrogens is 1. The van der Waals surface area contributed by atoms with Crippen LogP contribution in [0.5, 0.6) is 0 Å². The first-order chi connectivity index (χ1) is 9.36. The van der Waals surface area contributed by atoms with Crippen LogP contribution in [0.15, 0.2) is 16.7 Å². The molecular formula is C14H18BrF3N2. The Morgan fingerprint density at radius 3 is 2.80 bits per heavy atom. The number of nitrogens with zero attached hydrogens (tertiary/aromatic N) is 1. The minimum absolute atomic E-state index is 0.0704. The highest BCUT2D eigenvalue weighted by Gasteiger charge is 2.34. The van der Waals surface area contributed by atoms with Gasteiger partial charge in [-0.1, -0.05) is 19.8 Å². The van der Waals surface area contributed by atoms with Crippen LogP contribution in [-0.4, -0.2) is 11.5 Å². The summed E-state index contributed by atoms with van der Waals surface area (Å²) in [4.78, 5) is 3.87. The molecule has 1 saturated carbocycles. The molecule has 1 fully saturated rings. The summed E-state index contributed by atoms with van der Waals surface area (Å²) >= 11 is 3.03. The lowest BCUT2D eigenvalue weighted by Gasteiger charge is -2.27. The summed E-state index contributed by atoms with van der Waals surface area (Å²) in [5.41, 5.74) is -0.712. The first kappa shape index (κ1) is 15.6. The standard InChI is InChI=1S/C14H18BrF3N2/c1-9-3-2-4-10(5-9)7-19-13-12(14(16,17)18)6-11(15)8-20-13/h6,8-10H,2-5,7H2,1H3,(H,19,20). The Hall–Kier alpha value is -0.780. The first-order valence-corrected chi connectivity index (χ1v) is 7.62. The predicted octanol–water partition coefficient (Wildman–Crippen LogP) is 5.10. The number of pyridine rings is 1. The average molecular weight is 351 g/mol. The van der Waals surface area contributed by atoms with Crippen molar-refractivity contribution in [3.05, 3.63) is 22.3 Å². The summed E-state index contributed by atoms with van der Waals surface area (Å²) in [5.74, 6) is 1.03. The van der Waals surface area contributed by atoms with E-state index >= 15 is 0 Å². The molecule has 1 aromatic rings. The second-order valence-electron chi connectivity index (χ2n) is 5.57. The van der Waals surface area contributed by atoms with Crippen LogP contribution in [0.2, 0.25) is 0 Å². The number of rotatable bonds is 3. The highest BCUT2D eigenvalue weighted by molar-refractivity contribution is 9.10. The average Bonchev–Trinajstić information content (AvgIpc) is 2.36. The van der Waals surface area contributed by atoms with E-state index in [0.717, 1.165) is 25.3 Å². The third kappa shape index (κ3) is 4.11. The smallest absolute Gasteiger partial charge is 0.369 e. The van der Waals surface area contributed by atoms with Crippen molar-refractivity contribution >= 4 is 21.7 Å². The van der Waals surface area contributed by atoms with Crippen LogP contribution in [0.3, 0.4) is 0 Å². The monoisotopic (exact) mass is 350 g/mol. The van der Waals surface area contributed by atoms with E-state index in [1.54, 1.807) is 0 Å². The molecule has 112 valence electrons. The third-order valence-electron chi connectivity index (χ3n) is 3.76. The minimum Gasteiger partial charge on any atom is -0.369 e. The van der Waals surface area contributed by atoms with Crippen molar-refractivity contribution in [3.63, 3.8) is 0 Å². The highest BCUT2D eigenvalue weighted by Crippen LogP contribution is 2.36. The number of nitrogens with one attached hydrogen (secondary N) is 1. The topological polar surface area (TPSA) is 24.9 Å². The van der Waals surface area contributed by atoms with Crippen molar-refractivity contribution < 1.29 is 13.2 Å². The molecule has 2 nitrogen and oxygen atoms in total. The molecular weight excluding hydrogens is 333 g/mol. The van der Waals surface area contributed by atoms with Gasteiger partial charge in [0.05, 0.1) is 5.56 Å². The Kier molecular flexibility index (Phi) is 4.94. The quantitative estimate of drug-likeness (QED) is 0.819. The second-order valence-corrected chi connectivity index (χ2v) is 6.48. The molecule has 1 N–H and O–H groups in total. The summed E-state index contributed by atoms with van der Waals surface area (Å²) in [7, 11) is 0. The maximum atomic E-state index is 13.0. The van der Waals surface area contributed by atoms with Crippen LogP contribution in [0.4, 0.5) is 19.0 Å². The van der Waals surface area contributed by atoms with Crippen molar-refractivity contribution in [2.24, 2.45) is 11.8 Å². The fourth-order valence-electron chi connectivity index (χ4n) is 2.78. The van der Waals surface area contributed by atoms with E-state index < -0.39 is 11.7 Å². The maximum Gasteiger partial charge on any atom is 0.419 e. The van der Waals surface area contributed by atoms with Gasteiger partial charge in [-0.05, 0) is 46.7 Å². The van der Waals surface area contributed by atoms with E-state index in [-0.39, 0.29) is 5.82 Å². The highest BCUT2D eigenvalue weighted by atomic mass is 79.9. The van der Waals surface area contributed by atoms with Gasteiger partial charge >= 0.3 is 6.18 Å². The van der Waals surface area contributed by atoms with Gasteiger partial charge < -0.3 is 5.32 Å². The van der Waals surface area contributed by atoms with Gasteiger partial charge in [-0.3, -0.25) is 0 Å². The van der Waals surface area contributed by atoms with Crippen LogP contribution < -0.4 is 5.32 Å². The SMILES string of the molecule is CC1CCCC(CNc2ncc(Br)cc2C(F)(F)F)C1. The largest absolute Gasteiger partial charge is 0.419 e. The zero-order valence-electron chi connectivity index (χ0n) is 11.3. The van der Waals surface area contributed by atoms with E-state index in [1.807, 2.05) is 0 Å². The van der Waals surface area contributed by atoms with E-state index in [4.69, 9.17) is 0 Å². The number of halogens is 4. The van der Waals surface area contributed by atoms with Gasteiger partial charge in [-0.15, -0.1) is 0 Å². The lowest BCUT2D eigenvalue weighted by molar-refractivity contribution is -0.137. The predicted molar refractivity (Wildman–Crippen MR) is 76.6 cm³/mol. The summed E-state index contributed by atoms with van der Waals surface area (Å²) in [5, 5.41) is 2.89. The van der Waals surface area contributed by atoms with Gasteiger partial charge in [0.2, 0.25) is 0 Å². The lowest BCUT2D eigenvalue weighted by Crippen LogP contribution is -2.22. The van der Waals surface area contributed by atoms with E-state index in [9.17, 15) is 13.2 Å². The fraction of sp³-hybridized carbons (Fsp3) is 0.643. The number of hydrogen-bond acceptors (Lipinski definition) is 2. The number of anilines is 1. The van der Waals surface area contributed by atoms with Gasteiger partial charge in [0.25, 0.3) is 0 Å². The van der Waals surface area contributed by atoms with Gasteiger partial charge in [0, 0.05) is 17.2 Å². The Bertz CT molecular complexity index is 462. The number of alkyl halides is 3. The molecule has 2 atom stereocenters. The molecule has 1 heterocycles. The fourth-order valence-corrected chi connectivity index (χ4v) is 3.11. The summed E-state index contributed by atoms with van der Waals surface area (Å²) < 4.78 is 39.2. The molecule has 2 unspecified atom stereocenters. The van der Waals surface area contributed by atoms with Crippen molar-refractivity contribution in [2.75, 3.05) is 11.9 Å². The van der Waals surface area contributed by atoms with Crippen molar-refractivity contribution in [1.82, 2.24) is 4.98 Å². The van der Waals surface area contributed by atoms with Crippen LogP contribution in [0.25, 0.3) is 0 Å². The van der Waals surface area contributed by atoms with E-state index in [1.165, 1.54) is 12.6 Å². The molecule has 20 heavy (non-hydrogen) atoms. The lowest BCUT2D eigenvalue weighted by atomic mass is 9.82. The van der Waals surface area contributed by atoms with Crippen LogP contribution in [0.1, 0.15) is 38.2 Å². The molecule has 0 aromatic carbocycles. The van der Waals surface area contributed by atoms with E-state index in [2.05, 4.69) is 33.2 Å². The van der Waals surface area contributed by atoms with Crippen molar-refractivity contribution in [1.29, 1.82) is 0 Å². The first-order valence-electron chi connectivity index (χ1n) is 6.83. The second kappa shape index (κ2) is 6.33. The van der Waals surface area contributed by atoms with Crippen molar-refractivity contribution in [2.45, 2.75) is 38.8 Å². The Morgan fingerprint density at radius 2 is 2.15 bits per heavy atom. The molecule has 1 aliphatic carbocycles. The third-order valence-corrected chi connectivity index (χ3v) is 4.20. The molecule has 2 rings (SSSR count). The normalized spacial score (nSPS) is 23.6. The molecule has 0 radical (unpaired) electrons. The molecule has 0 saturated heterocycles. The van der Waals surface area contributed by atoms with Crippen molar-refractivity contribution in [3.8, 4) is 0 Å². The zero-order chi connectivity index (χ0) is 14.8. The van der Waals surface area contributed by atoms with Gasteiger partial charge in [0.15, 0.2) is 0 Å². The zero-order valence-corrected chi connectivity index (χ0v) is 12.9. The van der Waals surface area contributed by atoms with Crippen LogP contribution in [-0.2, 0) is 6.18 Å². The molecule has 0 spiro atoms. The van der Waals surface area contributed by atoms with Crippen LogP contribution in [0, 0.1) is 11.8 Å². The van der Waals surface area contributed by atoms with Gasteiger partial charge in [-0.25, -0.2) is 4.98 Å². The maximum absolute atomic E-state index is 13.0. The van der Waals surface area contributed by atoms with Gasteiger partial charge in [-0.2, -0.15) is 13.2 Å². The summed E-state index contributed by atoms with van der Waals surface area (Å²) in [6, 6.07) is 1.07. The molecule has 0 aliphatic heterocycles. The molecule has 0 bridgehead atoms.